The molecule has 120 valence electrons. The van der Waals surface area contributed by atoms with Crippen LogP contribution >= 0.6 is 11.8 Å². The number of rotatable bonds is 6. The number of aliphatic carboxylic acids is 1. The Kier molecular flexibility index (Phi) is 5.51. The third-order valence-corrected chi connectivity index (χ3v) is 5.64. The van der Waals surface area contributed by atoms with E-state index in [1.807, 2.05) is 19.1 Å². The van der Waals surface area contributed by atoms with E-state index in [4.69, 9.17) is 5.11 Å². The fourth-order valence-electron chi connectivity index (χ4n) is 2.65. The highest BCUT2D eigenvalue weighted by atomic mass is 32.2. The number of hydrogen-bond acceptors (Lipinski definition) is 3. The lowest BCUT2D eigenvalue weighted by atomic mass is 10.1. The minimum absolute atomic E-state index is 0.0244. The van der Waals surface area contributed by atoms with Crippen LogP contribution in [0.5, 0.6) is 0 Å². The highest BCUT2D eigenvalue weighted by molar-refractivity contribution is 8.01. The number of amides is 1. The van der Waals surface area contributed by atoms with E-state index in [2.05, 4.69) is 17.4 Å². The van der Waals surface area contributed by atoms with Gasteiger partial charge in [0.25, 0.3) is 0 Å². The molecule has 0 aliphatic heterocycles. The van der Waals surface area contributed by atoms with Gasteiger partial charge in [-0.25, -0.2) is 0 Å². The van der Waals surface area contributed by atoms with Gasteiger partial charge in [-0.2, -0.15) is 0 Å². The topological polar surface area (TPSA) is 66.4 Å². The van der Waals surface area contributed by atoms with Crippen LogP contribution in [0.15, 0.2) is 29.2 Å². The molecule has 1 saturated carbocycles. The average molecular weight is 321 g/mol. The van der Waals surface area contributed by atoms with Crippen molar-refractivity contribution in [2.75, 3.05) is 6.54 Å². The number of nitrogens with one attached hydrogen (secondary N) is 1. The number of carboxylic acids is 1. The predicted octanol–water partition coefficient (Wildman–Crippen LogP) is 3.24. The van der Waals surface area contributed by atoms with Crippen molar-refractivity contribution in [3.8, 4) is 0 Å². The molecule has 1 aliphatic rings. The average Bonchev–Trinajstić information content (AvgIpc) is 2.96. The van der Waals surface area contributed by atoms with Crippen LogP contribution in [-0.4, -0.2) is 28.3 Å². The zero-order valence-electron chi connectivity index (χ0n) is 13.1. The van der Waals surface area contributed by atoms with E-state index < -0.39 is 16.6 Å². The molecule has 1 fully saturated rings. The Bertz CT molecular complexity index is 535. The monoisotopic (exact) mass is 321 g/mol. The van der Waals surface area contributed by atoms with E-state index in [1.165, 1.54) is 5.56 Å². The lowest BCUT2D eigenvalue weighted by Gasteiger charge is -2.27. The second kappa shape index (κ2) is 7.18. The molecule has 0 bridgehead atoms. The van der Waals surface area contributed by atoms with Gasteiger partial charge in [-0.15, -0.1) is 11.8 Å². The van der Waals surface area contributed by atoms with E-state index in [-0.39, 0.29) is 12.5 Å². The summed E-state index contributed by atoms with van der Waals surface area (Å²) in [5, 5.41) is 11.8. The van der Waals surface area contributed by atoms with Crippen LogP contribution < -0.4 is 5.32 Å². The van der Waals surface area contributed by atoms with Crippen molar-refractivity contribution in [1.29, 1.82) is 0 Å². The smallest absolute Gasteiger partial charge is 0.308 e. The largest absolute Gasteiger partial charge is 0.481 e. The van der Waals surface area contributed by atoms with Crippen LogP contribution in [0.4, 0.5) is 0 Å². The fourth-order valence-corrected chi connectivity index (χ4v) is 4.03. The minimum atomic E-state index is -0.882. The van der Waals surface area contributed by atoms with Crippen LogP contribution in [0.2, 0.25) is 0 Å². The van der Waals surface area contributed by atoms with Crippen molar-refractivity contribution in [1.82, 2.24) is 5.32 Å². The van der Waals surface area contributed by atoms with Crippen LogP contribution in [-0.2, 0) is 9.59 Å². The molecule has 0 aromatic heterocycles. The Balaban J connectivity index is 2.05. The molecule has 1 aromatic carbocycles. The van der Waals surface area contributed by atoms with Crippen molar-refractivity contribution in [3.63, 3.8) is 0 Å². The molecule has 2 rings (SSSR count). The van der Waals surface area contributed by atoms with Gasteiger partial charge >= 0.3 is 5.97 Å². The van der Waals surface area contributed by atoms with Gasteiger partial charge in [0.05, 0.1) is 10.7 Å². The molecule has 1 aromatic rings. The SMILES string of the molecule is Cc1ccc(SC2(C(=O)NCC(C)C(=O)O)CCCC2)cc1. The molecule has 1 unspecified atom stereocenters. The van der Waals surface area contributed by atoms with Gasteiger partial charge in [-0.05, 0) is 31.9 Å². The molecular formula is C17H23NO3S. The first-order valence-corrected chi connectivity index (χ1v) is 8.51. The fraction of sp³-hybridized carbons (Fsp3) is 0.529. The maximum absolute atomic E-state index is 12.6. The van der Waals surface area contributed by atoms with Gasteiger partial charge in [0, 0.05) is 11.4 Å². The maximum Gasteiger partial charge on any atom is 0.308 e. The number of aryl methyl sites for hydroxylation is 1. The molecule has 1 amide bonds. The maximum atomic E-state index is 12.6. The summed E-state index contributed by atoms with van der Waals surface area (Å²) in [5.74, 6) is -1.47. The molecular weight excluding hydrogens is 298 g/mol. The summed E-state index contributed by atoms with van der Waals surface area (Å²) in [7, 11) is 0. The summed E-state index contributed by atoms with van der Waals surface area (Å²) in [6.45, 7) is 3.83. The zero-order valence-corrected chi connectivity index (χ0v) is 13.9. The van der Waals surface area contributed by atoms with E-state index >= 15 is 0 Å². The van der Waals surface area contributed by atoms with Crippen molar-refractivity contribution in [3.05, 3.63) is 29.8 Å². The first-order valence-electron chi connectivity index (χ1n) is 7.70. The Labute approximate surface area is 135 Å². The van der Waals surface area contributed by atoms with Crippen LogP contribution in [0.25, 0.3) is 0 Å². The summed E-state index contributed by atoms with van der Waals surface area (Å²) in [6.07, 6.45) is 3.78. The molecule has 0 radical (unpaired) electrons. The summed E-state index contributed by atoms with van der Waals surface area (Å²) in [5.41, 5.74) is 1.20. The highest BCUT2D eigenvalue weighted by Crippen LogP contribution is 2.45. The summed E-state index contributed by atoms with van der Waals surface area (Å²) >= 11 is 1.62. The van der Waals surface area contributed by atoms with Crippen LogP contribution in [0, 0.1) is 12.8 Å². The van der Waals surface area contributed by atoms with Gasteiger partial charge in [0.15, 0.2) is 0 Å². The molecule has 4 nitrogen and oxygen atoms in total. The standard InChI is InChI=1S/C17H23NO3S/c1-12-5-7-14(8-6-12)22-17(9-3-4-10-17)16(21)18-11-13(2)15(19)20/h5-8,13H,3-4,9-11H2,1-2H3,(H,18,21)(H,19,20). The van der Waals surface area contributed by atoms with Gasteiger partial charge in [-0.1, -0.05) is 37.5 Å². The Morgan fingerprint density at radius 2 is 1.86 bits per heavy atom. The second-order valence-electron chi connectivity index (χ2n) is 6.07. The molecule has 5 heteroatoms. The van der Waals surface area contributed by atoms with Gasteiger partial charge in [-0.3, -0.25) is 9.59 Å². The quantitative estimate of drug-likeness (QED) is 0.844. The second-order valence-corrected chi connectivity index (χ2v) is 7.52. The molecule has 1 atom stereocenters. The van der Waals surface area contributed by atoms with E-state index in [1.54, 1.807) is 18.7 Å². The number of benzene rings is 1. The van der Waals surface area contributed by atoms with Gasteiger partial charge in [0.2, 0.25) is 5.91 Å². The Morgan fingerprint density at radius 1 is 1.27 bits per heavy atom. The van der Waals surface area contributed by atoms with Crippen molar-refractivity contribution < 1.29 is 14.7 Å². The normalized spacial score (nSPS) is 17.9. The summed E-state index contributed by atoms with van der Waals surface area (Å²) < 4.78 is -0.451. The molecule has 0 saturated heterocycles. The van der Waals surface area contributed by atoms with Gasteiger partial charge < -0.3 is 10.4 Å². The number of carbonyl (C=O) groups excluding carboxylic acids is 1. The van der Waals surface area contributed by atoms with Crippen molar-refractivity contribution >= 4 is 23.6 Å². The zero-order chi connectivity index (χ0) is 16.2. The minimum Gasteiger partial charge on any atom is -0.481 e. The van der Waals surface area contributed by atoms with Crippen molar-refractivity contribution in [2.24, 2.45) is 5.92 Å². The molecule has 1 aliphatic carbocycles. The highest BCUT2D eigenvalue weighted by Gasteiger charge is 2.42. The predicted molar refractivity (Wildman–Crippen MR) is 88.0 cm³/mol. The molecule has 0 heterocycles. The third-order valence-electron chi connectivity index (χ3n) is 4.15. The van der Waals surface area contributed by atoms with E-state index in [0.29, 0.717) is 0 Å². The Morgan fingerprint density at radius 3 is 2.41 bits per heavy atom. The first-order chi connectivity index (χ1) is 10.4. The first kappa shape index (κ1) is 16.9. The molecule has 2 N–H and O–H groups in total. The molecule has 0 spiro atoms. The van der Waals surface area contributed by atoms with Gasteiger partial charge in [0.1, 0.15) is 0 Å². The summed E-state index contributed by atoms with van der Waals surface area (Å²) in [6, 6.07) is 8.20. The van der Waals surface area contributed by atoms with Crippen LogP contribution in [0.3, 0.4) is 0 Å². The summed E-state index contributed by atoms with van der Waals surface area (Å²) in [4.78, 5) is 24.6. The molecule has 22 heavy (non-hydrogen) atoms. The van der Waals surface area contributed by atoms with Crippen molar-refractivity contribution in [2.45, 2.75) is 49.2 Å². The van der Waals surface area contributed by atoms with Crippen LogP contribution in [0.1, 0.15) is 38.2 Å². The number of hydrogen-bond donors (Lipinski definition) is 2. The van der Waals surface area contributed by atoms with E-state index in [0.717, 1.165) is 30.6 Å². The number of carbonyl (C=O) groups is 2. The Hall–Kier alpha value is -1.49. The number of thioether (sulfide) groups is 1. The lowest BCUT2D eigenvalue weighted by molar-refractivity contribution is -0.141. The third kappa shape index (κ3) is 4.03. The van der Waals surface area contributed by atoms with E-state index in [9.17, 15) is 9.59 Å². The number of carboxylic acid groups (broad SMARTS) is 1. The lowest BCUT2D eigenvalue weighted by Crippen LogP contribution is -2.44.